The van der Waals surface area contributed by atoms with Crippen LogP contribution in [0.3, 0.4) is 0 Å². The van der Waals surface area contributed by atoms with Crippen molar-refractivity contribution in [3.05, 3.63) is 78.4 Å². The number of carbonyl (C=O) groups is 1. The van der Waals surface area contributed by atoms with Gasteiger partial charge in [0.15, 0.2) is 0 Å². The third-order valence-corrected chi connectivity index (χ3v) is 5.57. The summed E-state index contributed by atoms with van der Waals surface area (Å²) in [6.07, 6.45) is 2.11. The van der Waals surface area contributed by atoms with Gasteiger partial charge in [0.05, 0.1) is 0 Å². The number of rotatable bonds is 9. The van der Waals surface area contributed by atoms with Gasteiger partial charge in [0.1, 0.15) is 11.7 Å². The van der Waals surface area contributed by atoms with Crippen LogP contribution in [0.15, 0.2) is 72.8 Å². The minimum absolute atomic E-state index is 0.00573. The maximum absolute atomic E-state index is 12.6. The molecule has 3 aromatic rings. The van der Waals surface area contributed by atoms with Crippen molar-refractivity contribution in [3.63, 3.8) is 0 Å². The third kappa shape index (κ3) is 6.03. The van der Waals surface area contributed by atoms with E-state index in [2.05, 4.69) is 17.4 Å². The van der Waals surface area contributed by atoms with E-state index < -0.39 is 0 Å². The molecule has 1 amide bonds. The highest BCUT2D eigenvalue weighted by Gasteiger charge is 2.20. The number of amides is 1. The Morgan fingerprint density at radius 1 is 0.938 bits per heavy atom. The van der Waals surface area contributed by atoms with Crippen molar-refractivity contribution in [1.29, 1.82) is 10.8 Å². The summed E-state index contributed by atoms with van der Waals surface area (Å²) in [7, 11) is 0. The Kier molecular flexibility index (Phi) is 8.14. The van der Waals surface area contributed by atoms with Gasteiger partial charge < -0.3 is 10.2 Å². The summed E-state index contributed by atoms with van der Waals surface area (Å²) < 4.78 is 0. The number of anilines is 1. The van der Waals surface area contributed by atoms with Crippen LogP contribution in [0.5, 0.6) is 0 Å². The van der Waals surface area contributed by atoms with Crippen LogP contribution in [0, 0.1) is 16.7 Å². The Morgan fingerprint density at radius 3 is 2.38 bits per heavy atom. The summed E-state index contributed by atoms with van der Waals surface area (Å²) in [5, 5.41) is 22.3. The Labute approximate surface area is 190 Å². The molecule has 0 saturated heterocycles. The zero-order valence-electron chi connectivity index (χ0n) is 18.9. The lowest BCUT2D eigenvalue weighted by molar-refractivity contribution is -0.116. The molecular formula is C27H32N4O. The van der Waals surface area contributed by atoms with Crippen molar-refractivity contribution in [3.8, 4) is 0 Å². The molecule has 3 N–H and O–H groups in total. The normalized spacial score (nSPS) is 11.7. The van der Waals surface area contributed by atoms with Crippen LogP contribution in [0.25, 0.3) is 10.8 Å². The van der Waals surface area contributed by atoms with E-state index in [0.29, 0.717) is 24.6 Å². The second kappa shape index (κ2) is 11.2. The first-order valence-corrected chi connectivity index (χ1v) is 11.2. The van der Waals surface area contributed by atoms with Crippen molar-refractivity contribution in [2.45, 2.75) is 39.5 Å². The fourth-order valence-corrected chi connectivity index (χ4v) is 3.87. The van der Waals surface area contributed by atoms with E-state index in [1.165, 1.54) is 5.56 Å². The molecule has 0 saturated carbocycles. The van der Waals surface area contributed by atoms with E-state index in [1.54, 1.807) is 4.90 Å². The van der Waals surface area contributed by atoms with Crippen molar-refractivity contribution < 1.29 is 4.79 Å². The molecule has 3 rings (SSSR count). The van der Waals surface area contributed by atoms with Gasteiger partial charge in [0, 0.05) is 36.4 Å². The predicted octanol–water partition coefficient (Wildman–Crippen LogP) is 6.10. The number of carbonyl (C=O) groups excluding carboxylic acids is 1. The van der Waals surface area contributed by atoms with E-state index in [4.69, 9.17) is 10.8 Å². The summed E-state index contributed by atoms with van der Waals surface area (Å²) in [6, 6.07) is 23.9. The van der Waals surface area contributed by atoms with Gasteiger partial charge in [-0.2, -0.15) is 0 Å². The number of benzene rings is 3. The lowest BCUT2D eigenvalue weighted by Gasteiger charge is -2.29. The molecule has 0 fully saturated rings. The first-order valence-electron chi connectivity index (χ1n) is 11.2. The SMILES string of the molecule is CCCN(C(=N)CCC(=O)Nc1cccc2ccccc12)C(=N)C(C)Cc1ccccc1. The fraction of sp³-hybridized carbons (Fsp3) is 0.296. The average Bonchev–Trinajstić information content (AvgIpc) is 2.81. The van der Waals surface area contributed by atoms with Crippen molar-refractivity contribution >= 4 is 34.0 Å². The summed E-state index contributed by atoms with van der Waals surface area (Å²) in [5.74, 6) is 0.639. The van der Waals surface area contributed by atoms with Crippen LogP contribution in [0.4, 0.5) is 5.69 Å². The summed E-state index contributed by atoms with van der Waals surface area (Å²) >= 11 is 0. The van der Waals surface area contributed by atoms with E-state index in [-0.39, 0.29) is 18.2 Å². The topological polar surface area (TPSA) is 80.0 Å². The smallest absolute Gasteiger partial charge is 0.224 e. The van der Waals surface area contributed by atoms with Crippen molar-refractivity contribution in [2.75, 3.05) is 11.9 Å². The Morgan fingerprint density at radius 2 is 1.62 bits per heavy atom. The molecule has 0 aliphatic rings. The zero-order chi connectivity index (χ0) is 22.9. The Balaban J connectivity index is 1.59. The van der Waals surface area contributed by atoms with Gasteiger partial charge in [0.2, 0.25) is 5.91 Å². The molecule has 1 atom stereocenters. The maximum Gasteiger partial charge on any atom is 0.224 e. The minimum Gasteiger partial charge on any atom is -0.326 e. The van der Waals surface area contributed by atoms with Crippen LogP contribution in [-0.4, -0.2) is 29.0 Å². The van der Waals surface area contributed by atoms with Crippen LogP contribution in [0.2, 0.25) is 0 Å². The Bertz CT molecular complexity index is 1070. The molecule has 0 spiro atoms. The Hall–Kier alpha value is -3.47. The van der Waals surface area contributed by atoms with Gasteiger partial charge in [-0.05, 0) is 29.9 Å². The molecule has 0 radical (unpaired) electrons. The molecule has 0 aromatic heterocycles. The second-order valence-electron chi connectivity index (χ2n) is 8.15. The lowest BCUT2D eigenvalue weighted by Crippen LogP contribution is -2.40. The van der Waals surface area contributed by atoms with Crippen LogP contribution >= 0.6 is 0 Å². The summed E-state index contributed by atoms with van der Waals surface area (Å²) in [6.45, 7) is 4.68. The number of nitrogens with one attached hydrogen (secondary N) is 3. The van der Waals surface area contributed by atoms with Gasteiger partial charge in [-0.15, -0.1) is 0 Å². The van der Waals surface area contributed by atoms with Crippen molar-refractivity contribution in [2.24, 2.45) is 5.92 Å². The maximum atomic E-state index is 12.6. The van der Waals surface area contributed by atoms with E-state index in [0.717, 1.165) is 29.3 Å². The molecular weight excluding hydrogens is 396 g/mol. The van der Waals surface area contributed by atoms with Crippen molar-refractivity contribution in [1.82, 2.24) is 4.90 Å². The summed E-state index contributed by atoms with van der Waals surface area (Å²) in [5.41, 5.74) is 1.97. The number of hydrogen-bond acceptors (Lipinski definition) is 3. The molecule has 0 heterocycles. The lowest BCUT2D eigenvalue weighted by atomic mass is 9.99. The van der Waals surface area contributed by atoms with Crippen LogP contribution < -0.4 is 5.32 Å². The molecule has 166 valence electrons. The summed E-state index contributed by atoms with van der Waals surface area (Å²) in [4.78, 5) is 14.4. The van der Waals surface area contributed by atoms with Gasteiger partial charge >= 0.3 is 0 Å². The van der Waals surface area contributed by atoms with Gasteiger partial charge in [0.25, 0.3) is 0 Å². The van der Waals surface area contributed by atoms with Crippen LogP contribution in [0.1, 0.15) is 38.7 Å². The first kappa shape index (κ1) is 23.2. The molecule has 32 heavy (non-hydrogen) atoms. The second-order valence-corrected chi connectivity index (χ2v) is 8.15. The van der Waals surface area contributed by atoms with E-state index >= 15 is 0 Å². The fourth-order valence-electron chi connectivity index (χ4n) is 3.87. The largest absolute Gasteiger partial charge is 0.326 e. The molecule has 0 aliphatic carbocycles. The van der Waals surface area contributed by atoms with Gasteiger partial charge in [-0.25, -0.2) is 0 Å². The van der Waals surface area contributed by atoms with Gasteiger partial charge in [-0.3, -0.25) is 15.6 Å². The van der Waals surface area contributed by atoms with Crippen LogP contribution in [-0.2, 0) is 11.2 Å². The molecule has 3 aromatic carbocycles. The highest BCUT2D eigenvalue weighted by molar-refractivity contribution is 6.04. The number of nitrogens with zero attached hydrogens (tertiary/aromatic N) is 1. The van der Waals surface area contributed by atoms with E-state index in [9.17, 15) is 4.79 Å². The molecule has 5 heteroatoms. The monoisotopic (exact) mass is 428 g/mol. The minimum atomic E-state index is -0.119. The standard InChI is InChI=1S/C27H32N4O/c1-3-18-31(27(29)20(2)19-21-10-5-4-6-11-21)25(28)16-17-26(32)30-24-15-9-13-22-12-7-8-14-23(22)24/h4-15,20,28-29H,3,16-19H2,1-2H3,(H,30,32). The highest BCUT2D eigenvalue weighted by Crippen LogP contribution is 2.23. The quantitative estimate of drug-likeness (QED) is 0.284. The first-order chi connectivity index (χ1) is 15.5. The molecule has 1 unspecified atom stereocenters. The molecule has 5 nitrogen and oxygen atoms in total. The predicted molar refractivity (Wildman–Crippen MR) is 134 cm³/mol. The van der Waals surface area contributed by atoms with E-state index in [1.807, 2.05) is 74.5 Å². The zero-order valence-corrected chi connectivity index (χ0v) is 18.9. The number of fused-ring (bicyclic) bond motifs is 1. The third-order valence-electron chi connectivity index (χ3n) is 5.57. The van der Waals surface area contributed by atoms with Gasteiger partial charge in [-0.1, -0.05) is 80.6 Å². The highest BCUT2D eigenvalue weighted by atomic mass is 16.1. The molecule has 0 aliphatic heterocycles. The molecule has 0 bridgehead atoms. The number of hydrogen-bond donors (Lipinski definition) is 3. The average molecular weight is 429 g/mol. The number of amidine groups is 2.